The smallest absolute Gasteiger partial charge is 0.00772 e. The molecule has 3 N–H and O–H groups in total. The molecule has 0 radical (unpaired) electrons. The van der Waals surface area contributed by atoms with Gasteiger partial charge >= 0.3 is 0 Å². The van der Waals surface area contributed by atoms with Crippen molar-refractivity contribution in [3.63, 3.8) is 0 Å². The zero-order chi connectivity index (χ0) is 7.07. The van der Waals surface area contributed by atoms with Gasteiger partial charge in [-0.1, -0.05) is 0 Å². The summed E-state index contributed by atoms with van der Waals surface area (Å²) in [7, 11) is 0. The minimum Gasteiger partial charge on any atom is -0.315 e. The molecule has 0 spiro atoms. The first kappa shape index (κ1) is 19.3. The van der Waals surface area contributed by atoms with Gasteiger partial charge in [0, 0.05) is 26.2 Å². The fourth-order valence-corrected chi connectivity index (χ4v) is 1.07. The van der Waals surface area contributed by atoms with Crippen LogP contribution >= 0.6 is 37.2 Å². The van der Waals surface area contributed by atoms with Crippen molar-refractivity contribution in [3.8, 4) is 0 Å². The highest BCUT2D eigenvalue weighted by molar-refractivity contribution is 5.86. The Balaban J connectivity index is -0.000000333. The van der Waals surface area contributed by atoms with Gasteiger partial charge < -0.3 is 16.0 Å². The van der Waals surface area contributed by atoms with Crippen molar-refractivity contribution >= 4 is 37.2 Å². The molecule has 1 heterocycles. The second-order valence-corrected chi connectivity index (χ2v) is 2.60. The molecule has 0 saturated carbocycles. The van der Waals surface area contributed by atoms with Gasteiger partial charge in [-0.3, -0.25) is 0 Å². The second kappa shape index (κ2) is 15.2. The van der Waals surface area contributed by atoms with E-state index in [4.69, 9.17) is 0 Å². The average molecular weight is 253 g/mol. The quantitative estimate of drug-likeness (QED) is 0.585. The Hall–Kier alpha value is 0.750. The van der Waals surface area contributed by atoms with E-state index in [1.54, 1.807) is 0 Å². The standard InChI is InChI=1S/C7H17N3.3ClH/c1-2-8-4-6-10-7-5-9-3-1;;;/h8-10H,1-7H2;3*1H. The molecular formula is C7H20Cl3N3. The van der Waals surface area contributed by atoms with Gasteiger partial charge in [0.15, 0.2) is 0 Å². The van der Waals surface area contributed by atoms with E-state index < -0.39 is 0 Å². The van der Waals surface area contributed by atoms with Gasteiger partial charge in [-0.15, -0.1) is 37.2 Å². The summed E-state index contributed by atoms with van der Waals surface area (Å²) < 4.78 is 0. The third kappa shape index (κ3) is 12.8. The predicted molar refractivity (Wildman–Crippen MR) is 65.0 cm³/mol. The molecule has 0 aromatic heterocycles. The molecule has 13 heavy (non-hydrogen) atoms. The van der Waals surface area contributed by atoms with E-state index >= 15 is 0 Å². The van der Waals surface area contributed by atoms with Gasteiger partial charge in [0.25, 0.3) is 0 Å². The van der Waals surface area contributed by atoms with Crippen molar-refractivity contribution < 1.29 is 0 Å². The van der Waals surface area contributed by atoms with E-state index in [1.165, 1.54) is 6.42 Å². The van der Waals surface area contributed by atoms with E-state index in [2.05, 4.69) is 16.0 Å². The van der Waals surface area contributed by atoms with Crippen molar-refractivity contribution in [2.75, 3.05) is 39.3 Å². The molecule has 0 bridgehead atoms. The summed E-state index contributed by atoms with van der Waals surface area (Å²) in [5, 5.41) is 10.0. The van der Waals surface area contributed by atoms with Crippen LogP contribution in [0, 0.1) is 0 Å². The first-order chi connectivity index (χ1) is 5.00. The van der Waals surface area contributed by atoms with Crippen LogP contribution in [0.25, 0.3) is 0 Å². The van der Waals surface area contributed by atoms with Crippen LogP contribution in [0.5, 0.6) is 0 Å². The molecule has 0 aromatic carbocycles. The summed E-state index contributed by atoms with van der Waals surface area (Å²) in [4.78, 5) is 0. The van der Waals surface area contributed by atoms with Gasteiger partial charge in [-0.2, -0.15) is 0 Å². The van der Waals surface area contributed by atoms with Crippen molar-refractivity contribution in [2.45, 2.75) is 6.42 Å². The maximum Gasteiger partial charge on any atom is 0.00772 e. The highest BCUT2D eigenvalue weighted by Crippen LogP contribution is 1.74. The van der Waals surface area contributed by atoms with Crippen molar-refractivity contribution in [1.29, 1.82) is 0 Å². The topological polar surface area (TPSA) is 36.1 Å². The summed E-state index contributed by atoms with van der Waals surface area (Å²) >= 11 is 0. The van der Waals surface area contributed by atoms with Crippen LogP contribution in [0.1, 0.15) is 6.42 Å². The van der Waals surface area contributed by atoms with Crippen LogP contribution in [0.3, 0.4) is 0 Å². The maximum atomic E-state index is 3.35. The van der Waals surface area contributed by atoms with Crippen LogP contribution in [-0.4, -0.2) is 39.3 Å². The molecule has 84 valence electrons. The molecule has 1 aliphatic rings. The lowest BCUT2D eigenvalue weighted by atomic mass is 10.4. The first-order valence-corrected chi connectivity index (χ1v) is 4.12. The number of hydrogen-bond donors (Lipinski definition) is 3. The molecule has 0 aliphatic carbocycles. The molecule has 1 fully saturated rings. The zero-order valence-corrected chi connectivity index (χ0v) is 10.1. The summed E-state index contributed by atoms with van der Waals surface area (Å²) in [6.07, 6.45) is 1.25. The minimum atomic E-state index is 0. The summed E-state index contributed by atoms with van der Waals surface area (Å²) in [5.41, 5.74) is 0. The molecule has 3 nitrogen and oxygen atoms in total. The van der Waals surface area contributed by atoms with Gasteiger partial charge in [0.2, 0.25) is 0 Å². The van der Waals surface area contributed by atoms with E-state index in [0.29, 0.717) is 0 Å². The Morgan fingerprint density at radius 2 is 0.769 bits per heavy atom. The number of nitrogens with one attached hydrogen (secondary N) is 3. The van der Waals surface area contributed by atoms with Crippen LogP contribution in [0.15, 0.2) is 0 Å². The number of rotatable bonds is 0. The van der Waals surface area contributed by atoms with Gasteiger partial charge in [-0.25, -0.2) is 0 Å². The lowest BCUT2D eigenvalue weighted by molar-refractivity contribution is 0.532. The van der Waals surface area contributed by atoms with E-state index in [0.717, 1.165) is 39.3 Å². The molecular weight excluding hydrogens is 232 g/mol. The molecule has 1 rings (SSSR count). The highest BCUT2D eigenvalue weighted by Gasteiger charge is 1.92. The van der Waals surface area contributed by atoms with Crippen LogP contribution in [0.2, 0.25) is 0 Å². The molecule has 0 amide bonds. The SMILES string of the molecule is C1CNCCNCCNC1.Cl.Cl.Cl. The molecule has 0 atom stereocenters. The van der Waals surface area contributed by atoms with Gasteiger partial charge in [0.1, 0.15) is 0 Å². The molecule has 6 heteroatoms. The highest BCUT2D eigenvalue weighted by atomic mass is 35.5. The van der Waals surface area contributed by atoms with Crippen LogP contribution in [-0.2, 0) is 0 Å². The Morgan fingerprint density at radius 1 is 0.462 bits per heavy atom. The molecule has 0 unspecified atom stereocenters. The maximum absolute atomic E-state index is 3.35. The minimum absolute atomic E-state index is 0. The van der Waals surface area contributed by atoms with Crippen LogP contribution < -0.4 is 16.0 Å². The molecule has 1 aliphatic heterocycles. The molecule has 1 saturated heterocycles. The van der Waals surface area contributed by atoms with Gasteiger partial charge in [-0.05, 0) is 19.5 Å². The monoisotopic (exact) mass is 251 g/mol. The Kier molecular flexibility index (Phi) is 22.7. The van der Waals surface area contributed by atoms with Crippen molar-refractivity contribution in [2.24, 2.45) is 0 Å². The fourth-order valence-electron chi connectivity index (χ4n) is 1.07. The summed E-state index contributed by atoms with van der Waals surface area (Å²) in [6.45, 7) is 6.71. The third-order valence-electron chi connectivity index (χ3n) is 1.66. The summed E-state index contributed by atoms with van der Waals surface area (Å²) in [5.74, 6) is 0. The fraction of sp³-hybridized carbons (Fsp3) is 1.00. The third-order valence-corrected chi connectivity index (χ3v) is 1.66. The number of hydrogen-bond acceptors (Lipinski definition) is 3. The average Bonchev–Trinajstić information content (AvgIpc) is 2.01. The van der Waals surface area contributed by atoms with Gasteiger partial charge in [0.05, 0.1) is 0 Å². The second-order valence-electron chi connectivity index (χ2n) is 2.60. The first-order valence-electron chi connectivity index (χ1n) is 4.12. The lowest BCUT2D eigenvalue weighted by Crippen LogP contribution is -2.36. The van der Waals surface area contributed by atoms with E-state index in [1.807, 2.05) is 0 Å². The lowest BCUT2D eigenvalue weighted by Gasteiger charge is -2.10. The van der Waals surface area contributed by atoms with E-state index in [-0.39, 0.29) is 37.2 Å². The Labute approximate surface area is 99.0 Å². The van der Waals surface area contributed by atoms with E-state index in [9.17, 15) is 0 Å². The zero-order valence-electron chi connectivity index (χ0n) is 7.67. The van der Waals surface area contributed by atoms with Crippen molar-refractivity contribution in [3.05, 3.63) is 0 Å². The van der Waals surface area contributed by atoms with Crippen molar-refractivity contribution in [1.82, 2.24) is 16.0 Å². The van der Waals surface area contributed by atoms with Crippen LogP contribution in [0.4, 0.5) is 0 Å². The number of halogens is 3. The molecule has 0 aromatic rings. The predicted octanol–water partition coefficient (Wildman–Crippen LogP) is 0.424. The Bertz CT molecular complexity index is 52.2. The Morgan fingerprint density at radius 3 is 1.15 bits per heavy atom. The normalized spacial score (nSPS) is 18.5. The summed E-state index contributed by atoms with van der Waals surface area (Å²) in [6, 6.07) is 0. The largest absolute Gasteiger partial charge is 0.315 e.